The van der Waals surface area contributed by atoms with Crippen molar-refractivity contribution in [3.63, 3.8) is 0 Å². The summed E-state index contributed by atoms with van der Waals surface area (Å²) in [4.78, 5) is 23.4. The van der Waals surface area contributed by atoms with E-state index in [2.05, 4.69) is 40.4 Å². The molecule has 7 N–H and O–H groups in total. The van der Waals surface area contributed by atoms with Crippen LogP contribution in [0.3, 0.4) is 0 Å². The molecular formula is C22H29N11S5. The molecule has 202 valence electrons. The van der Waals surface area contributed by atoms with Crippen molar-refractivity contribution in [2.75, 3.05) is 23.0 Å². The van der Waals surface area contributed by atoms with Crippen LogP contribution in [0.4, 0.5) is 0 Å². The molecule has 11 nitrogen and oxygen atoms in total. The van der Waals surface area contributed by atoms with Gasteiger partial charge in [-0.3, -0.25) is 30.0 Å². The van der Waals surface area contributed by atoms with Crippen LogP contribution in [-0.2, 0) is 12.8 Å². The molecule has 0 aliphatic carbocycles. The number of pyridine rings is 1. The summed E-state index contributed by atoms with van der Waals surface area (Å²) in [6.45, 7) is 0. The molecule has 0 fully saturated rings. The van der Waals surface area contributed by atoms with Crippen LogP contribution in [0.25, 0.3) is 0 Å². The normalized spacial score (nSPS) is 22.0. The lowest BCUT2D eigenvalue weighted by Crippen LogP contribution is -2.08. The van der Waals surface area contributed by atoms with E-state index in [9.17, 15) is 0 Å². The minimum Gasteiger partial charge on any atom is -0.379 e. The van der Waals surface area contributed by atoms with E-state index in [1.54, 1.807) is 64.6 Å². The maximum Gasteiger partial charge on any atom is 0.154 e. The molecule has 3 aromatic heterocycles. The van der Waals surface area contributed by atoms with Crippen LogP contribution in [0.15, 0.2) is 62.3 Å². The fourth-order valence-corrected chi connectivity index (χ4v) is 7.42. The molecule has 3 unspecified atom stereocenters. The van der Waals surface area contributed by atoms with E-state index in [0.717, 1.165) is 51.9 Å². The molecule has 3 aliphatic heterocycles. The number of thioether (sulfide) groups is 4. The predicted molar refractivity (Wildman–Crippen MR) is 164 cm³/mol. The van der Waals surface area contributed by atoms with Crippen molar-refractivity contribution >= 4 is 73.9 Å². The van der Waals surface area contributed by atoms with Crippen LogP contribution in [0.2, 0.25) is 0 Å². The number of aromatic amines is 1. The zero-order chi connectivity index (χ0) is 26.6. The molecule has 6 rings (SSSR count). The third kappa shape index (κ3) is 10.1. The highest BCUT2D eigenvalue weighted by Gasteiger charge is 2.18. The van der Waals surface area contributed by atoms with Crippen LogP contribution in [0.1, 0.15) is 10.6 Å². The number of thiazole rings is 1. The van der Waals surface area contributed by atoms with Gasteiger partial charge < -0.3 is 17.2 Å². The lowest BCUT2D eigenvalue weighted by atomic mass is 10.2. The van der Waals surface area contributed by atoms with Crippen molar-refractivity contribution in [3.05, 3.63) is 53.0 Å². The van der Waals surface area contributed by atoms with Gasteiger partial charge in [0.1, 0.15) is 0 Å². The summed E-state index contributed by atoms with van der Waals surface area (Å²) in [5.41, 5.74) is 19.5. The molecular weight excluding hydrogens is 579 g/mol. The Hall–Kier alpha value is -2.27. The first-order chi connectivity index (χ1) is 18.5. The Balaban J connectivity index is 0.000000133. The summed E-state index contributed by atoms with van der Waals surface area (Å²) in [6, 6.07) is 5.05. The van der Waals surface area contributed by atoms with Gasteiger partial charge in [0.25, 0.3) is 0 Å². The third-order valence-corrected chi connectivity index (χ3v) is 9.94. The van der Waals surface area contributed by atoms with E-state index < -0.39 is 0 Å². The van der Waals surface area contributed by atoms with Gasteiger partial charge >= 0.3 is 0 Å². The Labute approximate surface area is 242 Å². The Kier molecular flexibility index (Phi) is 11.6. The maximum absolute atomic E-state index is 5.59. The average Bonchev–Trinajstić information content (AvgIpc) is 3.75. The second-order valence-electron chi connectivity index (χ2n) is 8.13. The van der Waals surface area contributed by atoms with Crippen LogP contribution < -0.4 is 17.2 Å². The van der Waals surface area contributed by atoms with Gasteiger partial charge in [-0.2, -0.15) is 0 Å². The average molecular weight is 608 g/mol. The maximum atomic E-state index is 5.59. The van der Waals surface area contributed by atoms with Crippen molar-refractivity contribution in [2.45, 2.75) is 35.9 Å². The molecule has 6 heterocycles. The molecule has 0 spiro atoms. The molecule has 0 radical (unpaired) electrons. The van der Waals surface area contributed by atoms with Crippen LogP contribution in [0.5, 0.6) is 0 Å². The summed E-state index contributed by atoms with van der Waals surface area (Å²) in [5, 5.41) is 12.3. The van der Waals surface area contributed by atoms with Gasteiger partial charge in [-0.25, -0.2) is 0 Å². The molecule has 0 saturated heterocycles. The summed E-state index contributed by atoms with van der Waals surface area (Å²) in [7, 11) is 0. The van der Waals surface area contributed by atoms with Gasteiger partial charge in [0.15, 0.2) is 15.5 Å². The van der Waals surface area contributed by atoms with Gasteiger partial charge in [-0.05, 0) is 12.1 Å². The topological polar surface area (TPSA) is 182 Å². The third-order valence-electron chi connectivity index (χ3n) is 5.12. The monoisotopic (exact) mass is 607 g/mol. The minimum absolute atomic E-state index is 0.278. The number of amidine groups is 3. The van der Waals surface area contributed by atoms with Gasteiger partial charge in [0.2, 0.25) is 0 Å². The van der Waals surface area contributed by atoms with Crippen molar-refractivity contribution in [2.24, 2.45) is 32.2 Å². The molecule has 38 heavy (non-hydrogen) atoms. The van der Waals surface area contributed by atoms with E-state index >= 15 is 0 Å². The largest absolute Gasteiger partial charge is 0.379 e. The van der Waals surface area contributed by atoms with Crippen LogP contribution in [0, 0.1) is 0 Å². The molecule has 0 saturated carbocycles. The van der Waals surface area contributed by atoms with Crippen molar-refractivity contribution in [1.29, 1.82) is 0 Å². The quantitative estimate of drug-likeness (QED) is 0.290. The number of H-pyrrole nitrogens is 1. The number of rotatable bonds is 7. The lowest BCUT2D eigenvalue weighted by Gasteiger charge is -2.04. The number of aromatic nitrogens is 5. The zero-order valence-electron chi connectivity index (χ0n) is 20.4. The number of nitrogens with two attached hydrogens (primary N) is 3. The van der Waals surface area contributed by atoms with Crippen molar-refractivity contribution in [3.8, 4) is 0 Å². The highest BCUT2D eigenvalue weighted by atomic mass is 32.2. The van der Waals surface area contributed by atoms with Gasteiger partial charge in [0, 0.05) is 70.4 Å². The van der Waals surface area contributed by atoms with Crippen molar-refractivity contribution < 1.29 is 0 Å². The predicted octanol–water partition coefficient (Wildman–Crippen LogP) is 2.50. The molecule has 0 bridgehead atoms. The van der Waals surface area contributed by atoms with Gasteiger partial charge in [-0.1, -0.05) is 40.5 Å². The number of hydrogen-bond donors (Lipinski definition) is 4. The minimum atomic E-state index is 0.278. The smallest absolute Gasteiger partial charge is 0.154 e. The molecule has 0 amide bonds. The Morgan fingerprint density at radius 3 is 2.00 bits per heavy atom. The summed E-state index contributed by atoms with van der Waals surface area (Å²) in [6.07, 6.45) is 9.11. The molecule has 3 aromatic rings. The van der Waals surface area contributed by atoms with E-state index in [-0.39, 0.29) is 6.04 Å². The molecule has 3 aliphatic rings. The van der Waals surface area contributed by atoms with Crippen LogP contribution in [-0.4, -0.2) is 82.0 Å². The SMILES string of the molecule is NC1=NC(CSc2ccncc2)CS1.NC1=NC(Cc2c[nH]nn2)CS1.NC1=NC(Cc2cncs2)CS1. The number of nitrogens with one attached hydrogen (secondary N) is 1. The highest BCUT2D eigenvalue weighted by Crippen LogP contribution is 2.23. The standard InChI is InChI=1S/C9H11N3S2.C7H9N3S2.C6H9N5S/c10-9-12-7(6-14-9)5-13-8-1-3-11-4-2-8;8-7-10-5(3-11-7)1-6-2-9-4-12-6;7-6-9-5(3-12-6)1-4-2-8-11-10-4/h1-4,7H,5-6H2,(H2,10,12);2,4-5H,1,3H2,(H2,8,10);2,5H,1,3H2,(H2,7,9)(H,8,10,11). The number of hydrogen-bond acceptors (Lipinski definition) is 15. The van der Waals surface area contributed by atoms with E-state index in [1.807, 2.05) is 36.2 Å². The van der Waals surface area contributed by atoms with Gasteiger partial charge in [0.05, 0.1) is 29.3 Å². The van der Waals surface area contributed by atoms with E-state index in [1.165, 1.54) is 9.77 Å². The first kappa shape index (κ1) is 28.7. The molecule has 0 aromatic carbocycles. The van der Waals surface area contributed by atoms with E-state index in [0.29, 0.717) is 17.3 Å². The summed E-state index contributed by atoms with van der Waals surface area (Å²) in [5.74, 6) is 3.99. The van der Waals surface area contributed by atoms with Crippen LogP contribution >= 0.6 is 58.4 Å². The van der Waals surface area contributed by atoms with Gasteiger partial charge in [-0.15, -0.1) is 28.2 Å². The Morgan fingerprint density at radius 1 is 0.842 bits per heavy atom. The van der Waals surface area contributed by atoms with Crippen molar-refractivity contribution in [1.82, 2.24) is 25.4 Å². The Morgan fingerprint density at radius 2 is 1.47 bits per heavy atom. The fourth-order valence-electron chi connectivity index (χ4n) is 3.37. The van der Waals surface area contributed by atoms with E-state index in [4.69, 9.17) is 17.2 Å². The summed E-state index contributed by atoms with van der Waals surface area (Å²) < 4.78 is 0. The first-order valence-corrected chi connectivity index (χ1v) is 16.5. The molecule has 3 atom stereocenters. The second kappa shape index (κ2) is 15.4. The summed E-state index contributed by atoms with van der Waals surface area (Å²) >= 11 is 8.36. The molecule has 16 heteroatoms. The zero-order valence-corrected chi connectivity index (χ0v) is 24.5. The first-order valence-electron chi connectivity index (χ1n) is 11.7. The lowest BCUT2D eigenvalue weighted by molar-refractivity contribution is 0.739. The highest BCUT2D eigenvalue weighted by molar-refractivity contribution is 8.14. The second-order valence-corrected chi connectivity index (χ2v) is 13.3. The number of aliphatic imine (C=N–C) groups is 3. The fraction of sp³-hybridized carbons (Fsp3) is 0.409. The number of nitrogens with zero attached hydrogens (tertiary/aromatic N) is 7. The Bertz CT molecular complexity index is 1130.